The minimum absolute atomic E-state index is 0.0209. The van der Waals surface area contributed by atoms with E-state index in [9.17, 15) is 9.59 Å². The van der Waals surface area contributed by atoms with Crippen LogP contribution in [-0.4, -0.2) is 23.5 Å². The molecule has 0 radical (unpaired) electrons. The zero-order chi connectivity index (χ0) is 15.2. The quantitative estimate of drug-likeness (QED) is 0.716. The van der Waals surface area contributed by atoms with E-state index in [0.29, 0.717) is 6.54 Å². The van der Waals surface area contributed by atoms with E-state index in [4.69, 9.17) is 9.52 Å². The van der Waals surface area contributed by atoms with E-state index in [1.807, 2.05) is 0 Å². The van der Waals surface area contributed by atoms with E-state index in [0.717, 1.165) is 12.8 Å². The van der Waals surface area contributed by atoms with Crippen molar-refractivity contribution in [3.63, 3.8) is 0 Å². The molecule has 0 aromatic carbocycles. The van der Waals surface area contributed by atoms with Crippen molar-refractivity contribution in [2.75, 3.05) is 6.54 Å². The summed E-state index contributed by atoms with van der Waals surface area (Å²) in [6.45, 7) is 6.91. The predicted molar refractivity (Wildman–Crippen MR) is 75.9 cm³/mol. The van der Waals surface area contributed by atoms with Crippen LogP contribution in [0.15, 0.2) is 16.5 Å². The third kappa shape index (κ3) is 5.07. The number of unbranched alkanes of at least 4 members (excludes halogenated alkanes) is 2. The van der Waals surface area contributed by atoms with Crippen molar-refractivity contribution in [3.8, 4) is 0 Å². The molecule has 0 saturated carbocycles. The molecule has 0 fully saturated rings. The Labute approximate surface area is 119 Å². The maximum absolute atomic E-state index is 11.9. The molecule has 0 atom stereocenters. The van der Waals surface area contributed by atoms with Gasteiger partial charge in [-0.25, -0.2) is 4.79 Å². The van der Waals surface area contributed by atoms with Gasteiger partial charge < -0.3 is 14.8 Å². The molecule has 20 heavy (non-hydrogen) atoms. The lowest BCUT2D eigenvalue weighted by Gasteiger charge is -2.24. The standard InChI is InChI=1S/C15H23NO4/c1-4-5-6-9-15(2,3)10-16-13(17)11-7-8-12(20-11)14(18)19/h7-8H,4-6,9-10H2,1-3H3,(H,16,17)(H,18,19). The highest BCUT2D eigenvalue weighted by Gasteiger charge is 2.20. The van der Waals surface area contributed by atoms with Crippen molar-refractivity contribution in [1.82, 2.24) is 5.32 Å². The molecule has 1 heterocycles. The largest absolute Gasteiger partial charge is 0.475 e. The lowest BCUT2D eigenvalue weighted by molar-refractivity contribution is 0.0659. The summed E-state index contributed by atoms with van der Waals surface area (Å²) < 4.78 is 4.96. The Morgan fingerprint density at radius 2 is 1.90 bits per heavy atom. The number of rotatable bonds is 8. The highest BCUT2D eigenvalue weighted by molar-refractivity contribution is 5.93. The van der Waals surface area contributed by atoms with Gasteiger partial charge in [0.1, 0.15) is 0 Å². The fourth-order valence-electron chi connectivity index (χ4n) is 1.92. The minimum Gasteiger partial charge on any atom is -0.475 e. The molecule has 1 aromatic rings. The average Bonchev–Trinajstić information content (AvgIpc) is 2.86. The molecule has 0 aliphatic carbocycles. The van der Waals surface area contributed by atoms with Crippen molar-refractivity contribution in [2.24, 2.45) is 5.41 Å². The van der Waals surface area contributed by atoms with E-state index < -0.39 is 5.97 Å². The molecule has 1 aromatic heterocycles. The maximum Gasteiger partial charge on any atom is 0.371 e. The summed E-state index contributed by atoms with van der Waals surface area (Å²) >= 11 is 0. The second kappa shape index (κ2) is 7.12. The number of nitrogens with one attached hydrogen (secondary N) is 1. The normalized spacial score (nSPS) is 11.3. The first-order valence-electron chi connectivity index (χ1n) is 6.97. The van der Waals surface area contributed by atoms with Crippen molar-refractivity contribution >= 4 is 11.9 Å². The highest BCUT2D eigenvalue weighted by atomic mass is 16.4. The van der Waals surface area contributed by atoms with Gasteiger partial charge in [0, 0.05) is 6.54 Å². The van der Waals surface area contributed by atoms with Crippen LogP contribution in [0.3, 0.4) is 0 Å². The summed E-state index contributed by atoms with van der Waals surface area (Å²) in [5.41, 5.74) is 0.0209. The van der Waals surface area contributed by atoms with Gasteiger partial charge in [-0.3, -0.25) is 4.79 Å². The van der Waals surface area contributed by atoms with Crippen LogP contribution < -0.4 is 5.32 Å². The first-order valence-corrected chi connectivity index (χ1v) is 6.97. The molecule has 0 saturated heterocycles. The number of carboxylic acids is 1. The zero-order valence-corrected chi connectivity index (χ0v) is 12.4. The molecule has 2 N–H and O–H groups in total. The van der Waals surface area contributed by atoms with Gasteiger partial charge in [-0.2, -0.15) is 0 Å². The first kappa shape index (κ1) is 16.3. The third-order valence-electron chi connectivity index (χ3n) is 3.23. The Morgan fingerprint density at radius 1 is 1.25 bits per heavy atom. The number of carbonyl (C=O) groups excluding carboxylic acids is 1. The average molecular weight is 281 g/mol. The smallest absolute Gasteiger partial charge is 0.371 e. The van der Waals surface area contributed by atoms with Crippen LogP contribution in [0, 0.1) is 5.41 Å². The molecule has 0 aliphatic rings. The molecule has 0 aliphatic heterocycles. The third-order valence-corrected chi connectivity index (χ3v) is 3.23. The summed E-state index contributed by atoms with van der Waals surface area (Å²) in [6, 6.07) is 2.66. The topological polar surface area (TPSA) is 79.5 Å². The van der Waals surface area contributed by atoms with Crippen molar-refractivity contribution in [2.45, 2.75) is 46.5 Å². The van der Waals surface area contributed by atoms with E-state index in [2.05, 4.69) is 26.1 Å². The molecule has 0 spiro atoms. The van der Waals surface area contributed by atoms with Gasteiger partial charge in [0.15, 0.2) is 5.76 Å². The van der Waals surface area contributed by atoms with Gasteiger partial charge in [0.05, 0.1) is 0 Å². The zero-order valence-electron chi connectivity index (χ0n) is 12.4. The maximum atomic E-state index is 11.9. The number of amides is 1. The molecule has 5 nitrogen and oxygen atoms in total. The van der Waals surface area contributed by atoms with E-state index in [-0.39, 0.29) is 22.8 Å². The first-order chi connectivity index (χ1) is 9.35. The Kier molecular flexibility index (Phi) is 5.80. The van der Waals surface area contributed by atoms with Gasteiger partial charge in [-0.15, -0.1) is 0 Å². The number of carbonyl (C=O) groups is 2. The second-order valence-corrected chi connectivity index (χ2v) is 5.77. The summed E-state index contributed by atoms with van der Waals surface area (Å²) in [7, 11) is 0. The lowest BCUT2D eigenvalue weighted by Crippen LogP contribution is -2.33. The molecular formula is C15H23NO4. The minimum atomic E-state index is -1.18. The van der Waals surface area contributed by atoms with Gasteiger partial charge in [0.2, 0.25) is 5.76 Å². The summed E-state index contributed by atoms with van der Waals surface area (Å²) in [5.74, 6) is -1.74. The fourth-order valence-corrected chi connectivity index (χ4v) is 1.92. The van der Waals surface area contributed by atoms with Crippen molar-refractivity contribution in [3.05, 3.63) is 23.7 Å². The summed E-state index contributed by atoms with van der Waals surface area (Å²) in [6.07, 6.45) is 4.55. The Morgan fingerprint density at radius 3 is 2.45 bits per heavy atom. The monoisotopic (exact) mass is 281 g/mol. The van der Waals surface area contributed by atoms with Crippen LogP contribution in [0.25, 0.3) is 0 Å². The van der Waals surface area contributed by atoms with Crippen LogP contribution in [0.5, 0.6) is 0 Å². The number of carboxylic acid groups (broad SMARTS) is 1. The van der Waals surface area contributed by atoms with Crippen molar-refractivity contribution in [1.29, 1.82) is 0 Å². The summed E-state index contributed by atoms with van der Waals surface area (Å²) in [4.78, 5) is 22.5. The van der Waals surface area contributed by atoms with Crippen LogP contribution in [0.1, 0.15) is 67.6 Å². The van der Waals surface area contributed by atoms with Gasteiger partial charge in [-0.05, 0) is 24.0 Å². The SMILES string of the molecule is CCCCCC(C)(C)CNC(=O)c1ccc(C(=O)O)o1. The molecule has 5 heteroatoms. The van der Waals surface area contributed by atoms with E-state index in [1.165, 1.54) is 25.0 Å². The molecule has 0 bridgehead atoms. The molecular weight excluding hydrogens is 258 g/mol. The Balaban J connectivity index is 2.47. The molecule has 1 amide bonds. The number of hydrogen-bond acceptors (Lipinski definition) is 3. The fraction of sp³-hybridized carbons (Fsp3) is 0.600. The summed E-state index contributed by atoms with van der Waals surface area (Å²) in [5, 5.41) is 11.5. The highest BCUT2D eigenvalue weighted by Crippen LogP contribution is 2.22. The van der Waals surface area contributed by atoms with Crippen molar-refractivity contribution < 1.29 is 19.1 Å². The van der Waals surface area contributed by atoms with E-state index in [1.54, 1.807) is 0 Å². The van der Waals surface area contributed by atoms with Gasteiger partial charge in [0.25, 0.3) is 5.91 Å². The van der Waals surface area contributed by atoms with E-state index >= 15 is 0 Å². The molecule has 1 rings (SSSR count). The van der Waals surface area contributed by atoms with Crippen LogP contribution in [0.4, 0.5) is 0 Å². The lowest BCUT2D eigenvalue weighted by atomic mass is 9.87. The number of hydrogen-bond donors (Lipinski definition) is 2. The second-order valence-electron chi connectivity index (χ2n) is 5.77. The Bertz CT molecular complexity index is 462. The van der Waals surface area contributed by atoms with Crippen LogP contribution >= 0.6 is 0 Å². The van der Waals surface area contributed by atoms with Crippen LogP contribution in [0.2, 0.25) is 0 Å². The molecule has 112 valence electrons. The Hall–Kier alpha value is -1.78. The predicted octanol–water partition coefficient (Wildman–Crippen LogP) is 3.31. The van der Waals surface area contributed by atoms with Crippen LogP contribution in [-0.2, 0) is 0 Å². The van der Waals surface area contributed by atoms with Gasteiger partial charge >= 0.3 is 5.97 Å². The van der Waals surface area contributed by atoms with Gasteiger partial charge in [-0.1, -0.05) is 40.0 Å². The number of aromatic carboxylic acids is 1. The molecule has 0 unspecified atom stereocenters. The number of furan rings is 1.